The van der Waals surface area contributed by atoms with Gasteiger partial charge in [0.25, 0.3) is 0 Å². The molecular weight excluding hydrogens is 274 g/mol. The minimum absolute atomic E-state index is 0.206. The maximum atomic E-state index is 3.96. The highest BCUT2D eigenvalue weighted by atomic mass is 32.2. The van der Waals surface area contributed by atoms with Crippen molar-refractivity contribution in [2.24, 2.45) is 5.92 Å². The van der Waals surface area contributed by atoms with Gasteiger partial charge in [0.2, 0.25) is 0 Å². The van der Waals surface area contributed by atoms with Crippen molar-refractivity contribution < 1.29 is 0 Å². The van der Waals surface area contributed by atoms with Crippen molar-refractivity contribution in [1.29, 1.82) is 0 Å². The molecule has 4 rings (SSSR count). The predicted molar refractivity (Wildman–Crippen MR) is 90.5 cm³/mol. The summed E-state index contributed by atoms with van der Waals surface area (Å²) >= 11 is 2.12. The van der Waals surface area contributed by atoms with Gasteiger partial charge in [0, 0.05) is 12.1 Å². The van der Waals surface area contributed by atoms with Gasteiger partial charge in [0.15, 0.2) is 0 Å². The molecule has 2 aliphatic rings. The van der Waals surface area contributed by atoms with Crippen LogP contribution in [0.3, 0.4) is 0 Å². The molecule has 2 aromatic rings. The van der Waals surface area contributed by atoms with Gasteiger partial charge in [0.1, 0.15) is 0 Å². The average Bonchev–Trinajstić information content (AvgIpc) is 2.89. The van der Waals surface area contributed by atoms with Crippen LogP contribution in [0.25, 0.3) is 0 Å². The molecule has 1 N–H and O–H groups in total. The van der Waals surface area contributed by atoms with Crippen molar-refractivity contribution in [2.45, 2.75) is 24.9 Å². The van der Waals surface area contributed by atoms with E-state index in [1.807, 2.05) is 0 Å². The quantitative estimate of drug-likeness (QED) is 0.919. The van der Waals surface area contributed by atoms with E-state index in [2.05, 4.69) is 71.7 Å². The number of hydrogen-bond acceptors (Lipinski definition) is 2. The number of thioether (sulfide) groups is 1. The summed E-state index contributed by atoms with van der Waals surface area (Å²) in [5, 5.41) is 3.96. The van der Waals surface area contributed by atoms with Crippen LogP contribution in [-0.4, -0.2) is 11.5 Å². The van der Waals surface area contributed by atoms with E-state index < -0.39 is 0 Å². The van der Waals surface area contributed by atoms with Crippen LogP contribution in [-0.2, 0) is 18.5 Å². The van der Waals surface area contributed by atoms with E-state index in [1.165, 1.54) is 29.9 Å². The van der Waals surface area contributed by atoms with Crippen molar-refractivity contribution in [3.63, 3.8) is 0 Å². The Morgan fingerprint density at radius 3 is 2.76 bits per heavy atom. The molecule has 0 saturated carbocycles. The van der Waals surface area contributed by atoms with Crippen LogP contribution in [0.5, 0.6) is 0 Å². The standard InChI is InChI=1S/C19H21NS/c1-2-6-15(7-3-1)13-20-19-10-11-21-14-17(19)12-16-8-4-5-9-18(16)19/h1-9,17,20H,10-14H2/t17-,19-/m1/s1. The third-order valence-corrected chi connectivity index (χ3v) is 6.20. The molecule has 1 saturated heterocycles. The van der Waals surface area contributed by atoms with Gasteiger partial charge in [-0.15, -0.1) is 0 Å². The first-order valence-corrected chi connectivity index (χ1v) is 8.99. The fourth-order valence-electron chi connectivity index (χ4n) is 3.98. The smallest absolute Gasteiger partial charge is 0.0487 e. The van der Waals surface area contributed by atoms with Gasteiger partial charge in [-0.3, -0.25) is 0 Å². The van der Waals surface area contributed by atoms with Crippen molar-refractivity contribution >= 4 is 11.8 Å². The highest BCUT2D eigenvalue weighted by Crippen LogP contribution is 2.48. The van der Waals surface area contributed by atoms with Crippen molar-refractivity contribution in [3.05, 3.63) is 71.3 Å². The second kappa shape index (κ2) is 5.51. The van der Waals surface area contributed by atoms with Gasteiger partial charge < -0.3 is 5.32 Å². The molecule has 1 aliphatic heterocycles. The van der Waals surface area contributed by atoms with E-state index >= 15 is 0 Å². The van der Waals surface area contributed by atoms with Gasteiger partial charge >= 0.3 is 0 Å². The Labute approximate surface area is 131 Å². The SMILES string of the molecule is c1ccc(CN[C@]23CCSC[C@H]2Cc2ccccc23)cc1. The Hall–Kier alpha value is -1.25. The van der Waals surface area contributed by atoms with E-state index in [0.717, 1.165) is 12.5 Å². The van der Waals surface area contributed by atoms with Crippen molar-refractivity contribution in [1.82, 2.24) is 5.32 Å². The van der Waals surface area contributed by atoms with Crippen LogP contribution in [0.2, 0.25) is 0 Å². The molecule has 1 heterocycles. The molecule has 21 heavy (non-hydrogen) atoms. The molecule has 108 valence electrons. The molecule has 0 bridgehead atoms. The summed E-state index contributed by atoms with van der Waals surface area (Å²) in [6.45, 7) is 0.969. The first-order valence-electron chi connectivity index (χ1n) is 7.83. The zero-order valence-electron chi connectivity index (χ0n) is 12.2. The fraction of sp³-hybridized carbons (Fsp3) is 0.368. The minimum Gasteiger partial charge on any atom is -0.303 e. The summed E-state index contributed by atoms with van der Waals surface area (Å²) in [6, 6.07) is 19.9. The Morgan fingerprint density at radius 2 is 1.86 bits per heavy atom. The Balaban J connectivity index is 1.65. The monoisotopic (exact) mass is 295 g/mol. The number of fused-ring (bicyclic) bond motifs is 3. The molecule has 1 aliphatic carbocycles. The summed E-state index contributed by atoms with van der Waals surface area (Å²) < 4.78 is 0. The summed E-state index contributed by atoms with van der Waals surface area (Å²) in [5.74, 6) is 3.31. The van der Waals surface area contributed by atoms with Crippen LogP contribution < -0.4 is 5.32 Å². The highest BCUT2D eigenvalue weighted by Gasteiger charge is 2.47. The van der Waals surface area contributed by atoms with Crippen molar-refractivity contribution in [3.8, 4) is 0 Å². The van der Waals surface area contributed by atoms with E-state index in [1.54, 1.807) is 11.1 Å². The largest absolute Gasteiger partial charge is 0.303 e. The van der Waals surface area contributed by atoms with Crippen molar-refractivity contribution in [2.75, 3.05) is 11.5 Å². The molecule has 2 atom stereocenters. The molecule has 1 nitrogen and oxygen atoms in total. The van der Waals surface area contributed by atoms with Crippen LogP contribution in [0.15, 0.2) is 54.6 Å². The van der Waals surface area contributed by atoms with E-state index in [-0.39, 0.29) is 5.54 Å². The average molecular weight is 295 g/mol. The van der Waals surface area contributed by atoms with Gasteiger partial charge in [0.05, 0.1) is 0 Å². The molecule has 0 aromatic heterocycles. The van der Waals surface area contributed by atoms with Crippen LogP contribution in [0.1, 0.15) is 23.1 Å². The lowest BCUT2D eigenvalue weighted by atomic mass is 9.81. The topological polar surface area (TPSA) is 12.0 Å². The second-order valence-electron chi connectivity index (χ2n) is 6.19. The second-order valence-corrected chi connectivity index (χ2v) is 7.34. The lowest BCUT2D eigenvalue weighted by Crippen LogP contribution is -2.49. The van der Waals surface area contributed by atoms with E-state index in [4.69, 9.17) is 0 Å². The number of hydrogen-bond donors (Lipinski definition) is 1. The van der Waals surface area contributed by atoms with Crippen LogP contribution in [0, 0.1) is 5.92 Å². The fourth-order valence-corrected chi connectivity index (χ4v) is 5.30. The van der Waals surface area contributed by atoms with E-state index in [9.17, 15) is 0 Å². The lowest BCUT2D eigenvalue weighted by molar-refractivity contribution is 0.233. The first-order chi connectivity index (χ1) is 10.4. The van der Waals surface area contributed by atoms with Gasteiger partial charge in [-0.1, -0.05) is 54.6 Å². The molecule has 2 aromatic carbocycles. The molecule has 1 fully saturated rings. The Kier molecular flexibility index (Phi) is 3.52. The summed E-state index contributed by atoms with van der Waals surface area (Å²) in [5.41, 5.74) is 4.71. The number of nitrogens with one attached hydrogen (secondary N) is 1. The molecule has 0 spiro atoms. The summed E-state index contributed by atoms with van der Waals surface area (Å²) in [6.07, 6.45) is 2.50. The predicted octanol–water partition coefficient (Wildman–Crippen LogP) is 3.98. The van der Waals surface area contributed by atoms with Gasteiger partial charge in [-0.25, -0.2) is 0 Å². The highest BCUT2D eigenvalue weighted by molar-refractivity contribution is 7.99. The van der Waals surface area contributed by atoms with Gasteiger partial charge in [-0.05, 0) is 47.0 Å². The Morgan fingerprint density at radius 1 is 1.05 bits per heavy atom. The summed E-state index contributed by atoms with van der Waals surface area (Å²) in [4.78, 5) is 0. The summed E-state index contributed by atoms with van der Waals surface area (Å²) in [7, 11) is 0. The molecule has 0 unspecified atom stereocenters. The molecule has 0 radical (unpaired) electrons. The van der Waals surface area contributed by atoms with Crippen LogP contribution in [0.4, 0.5) is 0 Å². The van der Waals surface area contributed by atoms with E-state index in [0.29, 0.717) is 0 Å². The zero-order valence-corrected chi connectivity index (χ0v) is 13.0. The normalized spacial score (nSPS) is 27.1. The molecule has 2 heteroatoms. The maximum Gasteiger partial charge on any atom is 0.0487 e. The third-order valence-electron chi connectivity index (χ3n) is 5.07. The number of rotatable bonds is 3. The first kappa shape index (κ1) is 13.4. The lowest BCUT2D eigenvalue weighted by Gasteiger charge is -2.41. The van der Waals surface area contributed by atoms with Gasteiger partial charge in [-0.2, -0.15) is 11.8 Å². The Bertz CT molecular complexity index is 624. The third kappa shape index (κ3) is 2.31. The molecular formula is C19H21NS. The zero-order chi connectivity index (χ0) is 14.1. The molecule has 0 amide bonds. The maximum absolute atomic E-state index is 3.96. The van der Waals surface area contributed by atoms with Crippen LogP contribution >= 0.6 is 11.8 Å². The minimum atomic E-state index is 0.206. The number of benzene rings is 2.